The minimum atomic E-state index is -3.44. The number of hydrogen-bond donors (Lipinski definition) is 3. The van der Waals surface area contributed by atoms with E-state index < -0.39 is 10.0 Å². The van der Waals surface area contributed by atoms with E-state index in [0.29, 0.717) is 12.2 Å². The molecule has 1 saturated heterocycles. The zero-order chi connectivity index (χ0) is 14.6. The van der Waals surface area contributed by atoms with E-state index >= 15 is 0 Å². The molecule has 0 aromatic heterocycles. The Hall–Kier alpha value is -1.44. The van der Waals surface area contributed by atoms with Crippen LogP contribution >= 0.6 is 0 Å². The molecule has 7 heteroatoms. The summed E-state index contributed by atoms with van der Waals surface area (Å²) in [5, 5.41) is 6.00. The van der Waals surface area contributed by atoms with Crippen molar-refractivity contribution in [1.29, 1.82) is 0 Å². The average molecular weight is 297 g/mol. The number of nitrogens with one attached hydrogen (secondary N) is 3. The second-order valence-electron chi connectivity index (χ2n) is 4.76. The second kappa shape index (κ2) is 6.34. The van der Waals surface area contributed by atoms with Crippen LogP contribution < -0.4 is 15.4 Å². The van der Waals surface area contributed by atoms with Crippen LogP contribution in [0.1, 0.15) is 12.8 Å². The SMILES string of the molecule is CNS(=O)(=O)c1ccc(NC(=O)[C@H]2CCCNC2)cc1. The van der Waals surface area contributed by atoms with Gasteiger partial charge in [-0.05, 0) is 50.7 Å². The average Bonchev–Trinajstić information content (AvgIpc) is 2.48. The molecule has 0 aliphatic carbocycles. The molecule has 1 fully saturated rings. The Morgan fingerprint density at radius 2 is 2.00 bits per heavy atom. The van der Waals surface area contributed by atoms with Crippen LogP contribution in [-0.4, -0.2) is 34.5 Å². The molecule has 20 heavy (non-hydrogen) atoms. The molecule has 0 radical (unpaired) electrons. The lowest BCUT2D eigenvalue weighted by molar-refractivity contribution is -0.120. The Morgan fingerprint density at radius 3 is 2.55 bits per heavy atom. The fourth-order valence-electron chi connectivity index (χ4n) is 2.16. The fourth-order valence-corrected chi connectivity index (χ4v) is 2.89. The van der Waals surface area contributed by atoms with Crippen molar-refractivity contribution in [2.75, 3.05) is 25.5 Å². The molecule has 2 rings (SSSR count). The van der Waals surface area contributed by atoms with Gasteiger partial charge in [-0.3, -0.25) is 4.79 Å². The van der Waals surface area contributed by atoms with Gasteiger partial charge >= 0.3 is 0 Å². The van der Waals surface area contributed by atoms with Crippen molar-refractivity contribution < 1.29 is 13.2 Å². The van der Waals surface area contributed by atoms with Crippen molar-refractivity contribution in [3.63, 3.8) is 0 Å². The van der Waals surface area contributed by atoms with Crippen LogP contribution in [-0.2, 0) is 14.8 Å². The first-order valence-electron chi connectivity index (χ1n) is 6.58. The summed E-state index contributed by atoms with van der Waals surface area (Å²) in [6.07, 6.45) is 1.88. The Balaban J connectivity index is 2.02. The summed E-state index contributed by atoms with van der Waals surface area (Å²) in [5.41, 5.74) is 0.607. The van der Waals surface area contributed by atoms with Crippen LogP contribution in [0.25, 0.3) is 0 Å². The smallest absolute Gasteiger partial charge is 0.240 e. The maximum atomic E-state index is 12.0. The van der Waals surface area contributed by atoms with Crippen molar-refractivity contribution in [2.45, 2.75) is 17.7 Å². The molecule has 3 N–H and O–H groups in total. The van der Waals surface area contributed by atoms with Crippen molar-refractivity contribution in [2.24, 2.45) is 5.92 Å². The molecule has 0 saturated carbocycles. The second-order valence-corrected chi connectivity index (χ2v) is 6.65. The van der Waals surface area contributed by atoms with Gasteiger partial charge in [-0.2, -0.15) is 0 Å². The van der Waals surface area contributed by atoms with Crippen LogP contribution in [0.5, 0.6) is 0 Å². The Bertz CT molecular complexity index is 563. The Kier molecular flexibility index (Phi) is 4.74. The molecule has 110 valence electrons. The molecule has 0 spiro atoms. The lowest BCUT2D eigenvalue weighted by Crippen LogP contribution is -2.37. The maximum absolute atomic E-state index is 12.0. The molecule has 1 aromatic rings. The minimum Gasteiger partial charge on any atom is -0.326 e. The van der Waals surface area contributed by atoms with E-state index in [1.807, 2.05) is 0 Å². The lowest BCUT2D eigenvalue weighted by Gasteiger charge is -2.21. The monoisotopic (exact) mass is 297 g/mol. The maximum Gasteiger partial charge on any atom is 0.240 e. The molecule has 0 unspecified atom stereocenters. The van der Waals surface area contributed by atoms with Gasteiger partial charge in [0.25, 0.3) is 0 Å². The van der Waals surface area contributed by atoms with E-state index in [1.165, 1.54) is 19.2 Å². The first-order valence-corrected chi connectivity index (χ1v) is 8.06. The van der Waals surface area contributed by atoms with Crippen molar-refractivity contribution in [3.8, 4) is 0 Å². The predicted molar refractivity (Wildman–Crippen MR) is 76.9 cm³/mol. The van der Waals surface area contributed by atoms with Crippen LogP contribution in [0.15, 0.2) is 29.2 Å². The Morgan fingerprint density at radius 1 is 1.30 bits per heavy atom. The zero-order valence-electron chi connectivity index (χ0n) is 11.3. The molecule has 1 aromatic carbocycles. The van der Waals surface area contributed by atoms with Crippen molar-refractivity contribution in [1.82, 2.24) is 10.0 Å². The van der Waals surface area contributed by atoms with Crippen LogP contribution in [0.4, 0.5) is 5.69 Å². The molecule has 0 bridgehead atoms. The van der Waals surface area contributed by atoms with E-state index in [4.69, 9.17) is 0 Å². The van der Waals surface area contributed by atoms with E-state index in [2.05, 4.69) is 15.4 Å². The standard InChI is InChI=1S/C13H19N3O3S/c1-14-20(18,19)12-6-4-11(5-7-12)16-13(17)10-3-2-8-15-9-10/h4-7,10,14-15H,2-3,8-9H2,1H3,(H,16,17)/t10-/m0/s1. The summed E-state index contributed by atoms with van der Waals surface area (Å²) < 4.78 is 25.4. The first kappa shape index (κ1) is 15.0. The van der Waals surface area contributed by atoms with Gasteiger partial charge in [0.2, 0.25) is 15.9 Å². The molecule has 6 nitrogen and oxygen atoms in total. The van der Waals surface area contributed by atoms with Gasteiger partial charge in [0.1, 0.15) is 0 Å². The molecule has 1 heterocycles. The summed E-state index contributed by atoms with van der Waals surface area (Å²) in [7, 11) is -2.07. The van der Waals surface area contributed by atoms with Gasteiger partial charge in [-0.15, -0.1) is 0 Å². The molecule has 1 aliphatic heterocycles. The number of benzene rings is 1. The number of anilines is 1. The summed E-state index contributed by atoms with van der Waals surface area (Å²) in [6.45, 7) is 1.65. The first-order chi connectivity index (χ1) is 9.53. The van der Waals surface area contributed by atoms with Crippen LogP contribution in [0.2, 0.25) is 0 Å². The largest absolute Gasteiger partial charge is 0.326 e. The van der Waals surface area contributed by atoms with E-state index in [1.54, 1.807) is 12.1 Å². The zero-order valence-corrected chi connectivity index (χ0v) is 12.2. The van der Waals surface area contributed by atoms with Crippen molar-refractivity contribution >= 4 is 21.6 Å². The van der Waals surface area contributed by atoms with Crippen LogP contribution in [0.3, 0.4) is 0 Å². The van der Waals surface area contributed by atoms with Crippen molar-refractivity contribution in [3.05, 3.63) is 24.3 Å². The quantitative estimate of drug-likeness (QED) is 0.756. The van der Waals surface area contributed by atoms with Gasteiger partial charge < -0.3 is 10.6 Å². The highest BCUT2D eigenvalue weighted by molar-refractivity contribution is 7.89. The number of hydrogen-bond acceptors (Lipinski definition) is 4. The normalized spacial score (nSPS) is 19.6. The fraction of sp³-hybridized carbons (Fsp3) is 0.462. The molecular weight excluding hydrogens is 278 g/mol. The van der Waals surface area contributed by atoms with Crippen LogP contribution in [0, 0.1) is 5.92 Å². The predicted octanol–water partition coefficient (Wildman–Crippen LogP) is 0.533. The summed E-state index contributed by atoms with van der Waals surface area (Å²) in [4.78, 5) is 12.2. The molecule has 1 atom stereocenters. The summed E-state index contributed by atoms with van der Waals surface area (Å²) >= 11 is 0. The third-order valence-electron chi connectivity index (χ3n) is 3.37. The third-order valence-corrected chi connectivity index (χ3v) is 4.80. The number of piperidine rings is 1. The number of carbonyl (C=O) groups is 1. The minimum absolute atomic E-state index is 0.0236. The highest BCUT2D eigenvalue weighted by atomic mass is 32.2. The highest BCUT2D eigenvalue weighted by Crippen LogP contribution is 2.16. The van der Waals surface area contributed by atoms with Gasteiger partial charge in [0.15, 0.2) is 0 Å². The van der Waals surface area contributed by atoms with E-state index in [-0.39, 0.29) is 16.7 Å². The van der Waals surface area contributed by atoms with Gasteiger partial charge in [-0.1, -0.05) is 0 Å². The third kappa shape index (κ3) is 3.56. The topological polar surface area (TPSA) is 87.3 Å². The summed E-state index contributed by atoms with van der Waals surface area (Å²) in [5.74, 6) is -0.0501. The molecule has 1 amide bonds. The van der Waals surface area contributed by atoms with E-state index in [0.717, 1.165) is 19.4 Å². The molecule has 1 aliphatic rings. The number of amides is 1. The van der Waals surface area contributed by atoms with E-state index in [9.17, 15) is 13.2 Å². The Labute approximate surface area is 119 Å². The highest BCUT2D eigenvalue weighted by Gasteiger charge is 2.21. The summed E-state index contributed by atoms with van der Waals surface area (Å²) in [6, 6.07) is 6.14. The van der Waals surface area contributed by atoms with Gasteiger partial charge in [0, 0.05) is 12.2 Å². The lowest BCUT2D eigenvalue weighted by atomic mass is 9.99. The number of sulfonamides is 1. The van der Waals surface area contributed by atoms with Gasteiger partial charge in [0.05, 0.1) is 10.8 Å². The molecular formula is C13H19N3O3S. The number of rotatable bonds is 4. The van der Waals surface area contributed by atoms with Gasteiger partial charge in [-0.25, -0.2) is 13.1 Å². The number of carbonyl (C=O) groups excluding carboxylic acids is 1.